The normalized spacial score (nSPS) is 19.5. The molecular weight excluding hydrogens is 268 g/mol. The Morgan fingerprint density at radius 1 is 1.52 bits per heavy atom. The van der Waals surface area contributed by atoms with E-state index in [1.165, 1.54) is 0 Å². The maximum atomic E-state index is 12.4. The Balaban J connectivity index is 1.76. The molecule has 0 saturated carbocycles. The predicted octanol–water partition coefficient (Wildman–Crippen LogP) is 2.14. The quantitative estimate of drug-likeness (QED) is 0.874. The molecule has 0 aliphatic carbocycles. The number of nitrogens with one attached hydrogen (secondary N) is 1. The first-order valence-corrected chi connectivity index (χ1v) is 7.20. The lowest BCUT2D eigenvalue weighted by Gasteiger charge is -2.22. The summed E-state index contributed by atoms with van der Waals surface area (Å²) in [7, 11) is 0. The summed E-state index contributed by atoms with van der Waals surface area (Å²) in [5, 5.41) is 2.97. The fourth-order valence-corrected chi connectivity index (χ4v) is 2.64. The second kappa shape index (κ2) is 5.73. The summed E-state index contributed by atoms with van der Waals surface area (Å²) in [6.45, 7) is 6.73. The number of fused-ring (bicyclic) bond motifs is 1. The lowest BCUT2D eigenvalue weighted by molar-refractivity contribution is 0.127. The maximum Gasteiger partial charge on any atom is 0.321 e. The molecule has 1 fully saturated rings. The molecule has 112 valence electrons. The minimum atomic E-state index is -0.0776. The first-order chi connectivity index (χ1) is 10.1. The smallest absolute Gasteiger partial charge is 0.321 e. The van der Waals surface area contributed by atoms with Gasteiger partial charge in [0.1, 0.15) is 5.65 Å². The number of ether oxygens (including phenoxy) is 1. The van der Waals surface area contributed by atoms with E-state index in [9.17, 15) is 4.79 Å². The van der Waals surface area contributed by atoms with Crippen molar-refractivity contribution in [3.63, 3.8) is 0 Å². The maximum absolute atomic E-state index is 12.4. The fraction of sp³-hybridized carbons (Fsp3) is 0.467. The average Bonchev–Trinajstić information content (AvgIpc) is 2.80. The summed E-state index contributed by atoms with van der Waals surface area (Å²) >= 11 is 0. The van der Waals surface area contributed by atoms with Crippen LogP contribution < -0.4 is 5.32 Å². The lowest BCUT2D eigenvalue weighted by atomic mass is 10.2. The number of imidazole rings is 1. The summed E-state index contributed by atoms with van der Waals surface area (Å²) in [6, 6.07) is 1.86. The van der Waals surface area contributed by atoms with Crippen LogP contribution in [0.2, 0.25) is 0 Å². The van der Waals surface area contributed by atoms with Crippen LogP contribution in [0.25, 0.3) is 5.65 Å². The minimum Gasteiger partial charge on any atom is -0.379 e. The Morgan fingerprint density at radius 2 is 2.38 bits per heavy atom. The molecule has 1 unspecified atom stereocenters. The highest BCUT2D eigenvalue weighted by molar-refractivity contribution is 5.89. The van der Waals surface area contributed by atoms with Crippen molar-refractivity contribution < 1.29 is 9.53 Å². The largest absolute Gasteiger partial charge is 0.379 e. The van der Waals surface area contributed by atoms with E-state index in [4.69, 9.17) is 4.74 Å². The van der Waals surface area contributed by atoms with Crippen molar-refractivity contribution in [2.24, 2.45) is 5.92 Å². The lowest BCUT2D eigenvalue weighted by Crippen LogP contribution is -2.38. The van der Waals surface area contributed by atoms with Crippen LogP contribution in [-0.2, 0) is 4.74 Å². The first kappa shape index (κ1) is 13.9. The van der Waals surface area contributed by atoms with E-state index >= 15 is 0 Å². The Hall–Kier alpha value is -2.08. The molecule has 0 aromatic carbocycles. The van der Waals surface area contributed by atoms with Gasteiger partial charge in [0.25, 0.3) is 0 Å². The van der Waals surface area contributed by atoms with Crippen molar-refractivity contribution in [1.82, 2.24) is 14.3 Å². The highest BCUT2D eigenvalue weighted by Crippen LogP contribution is 2.16. The first-order valence-electron chi connectivity index (χ1n) is 7.20. The summed E-state index contributed by atoms with van der Waals surface area (Å²) in [4.78, 5) is 18.5. The van der Waals surface area contributed by atoms with Crippen LogP contribution >= 0.6 is 0 Å². The summed E-state index contributed by atoms with van der Waals surface area (Å²) in [5.74, 6) is 0.358. The SMILES string of the molecule is Cc1cc(NC(=O)N2CCOCC(C)C2)cn2ccnc12. The molecule has 1 N–H and O–H groups in total. The number of anilines is 1. The van der Waals surface area contributed by atoms with E-state index in [1.54, 1.807) is 6.20 Å². The molecule has 0 spiro atoms. The van der Waals surface area contributed by atoms with Crippen molar-refractivity contribution in [3.05, 3.63) is 30.2 Å². The molecule has 1 aliphatic rings. The third-order valence-corrected chi connectivity index (χ3v) is 3.65. The van der Waals surface area contributed by atoms with E-state index in [-0.39, 0.29) is 6.03 Å². The molecule has 3 rings (SSSR count). The van der Waals surface area contributed by atoms with Crippen LogP contribution in [0, 0.1) is 12.8 Å². The molecule has 0 radical (unpaired) electrons. The zero-order valence-corrected chi connectivity index (χ0v) is 12.4. The van der Waals surface area contributed by atoms with E-state index < -0.39 is 0 Å². The van der Waals surface area contributed by atoms with Gasteiger partial charge in [-0.25, -0.2) is 9.78 Å². The molecule has 2 aromatic rings. The summed E-state index contributed by atoms with van der Waals surface area (Å²) in [6.07, 6.45) is 5.51. The summed E-state index contributed by atoms with van der Waals surface area (Å²) < 4.78 is 7.39. The van der Waals surface area contributed by atoms with Gasteiger partial charge >= 0.3 is 6.03 Å². The molecule has 6 nitrogen and oxygen atoms in total. The number of nitrogens with zero attached hydrogens (tertiary/aromatic N) is 3. The van der Waals surface area contributed by atoms with E-state index in [1.807, 2.05) is 34.7 Å². The van der Waals surface area contributed by atoms with E-state index in [0.29, 0.717) is 25.7 Å². The highest BCUT2D eigenvalue weighted by Gasteiger charge is 2.20. The molecule has 6 heteroatoms. The van der Waals surface area contributed by atoms with Crippen LogP contribution in [-0.4, -0.2) is 46.6 Å². The van der Waals surface area contributed by atoms with Crippen LogP contribution in [0.4, 0.5) is 10.5 Å². The molecule has 3 heterocycles. The van der Waals surface area contributed by atoms with Gasteiger partial charge in [-0.1, -0.05) is 6.92 Å². The van der Waals surface area contributed by atoms with Crippen molar-refractivity contribution in [2.75, 3.05) is 31.6 Å². The van der Waals surface area contributed by atoms with Crippen molar-refractivity contribution in [2.45, 2.75) is 13.8 Å². The second-order valence-corrected chi connectivity index (χ2v) is 5.63. The number of rotatable bonds is 1. The Morgan fingerprint density at radius 3 is 3.24 bits per heavy atom. The van der Waals surface area contributed by atoms with Gasteiger partial charge in [0.15, 0.2) is 0 Å². The fourth-order valence-electron chi connectivity index (χ4n) is 2.64. The number of hydrogen-bond acceptors (Lipinski definition) is 3. The zero-order chi connectivity index (χ0) is 14.8. The van der Waals surface area contributed by atoms with Crippen LogP contribution in [0.5, 0.6) is 0 Å². The minimum absolute atomic E-state index is 0.0776. The van der Waals surface area contributed by atoms with Crippen molar-refractivity contribution in [3.8, 4) is 0 Å². The summed E-state index contributed by atoms with van der Waals surface area (Å²) in [5.41, 5.74) is 2.72. The van der Waals surface area contributed by atoms with Gasteiger partial charge in [-0.05, 0) is 24.5 Å². The van der Waals surface area contributed by atoms with Gasteiger partial charge in [0.05, 0.1) is 18.9 Å². The van der Waals surface area contributed by atoms with Gasteiger partial charge in [0, 0.05) is 31.7 Å². The third-order valence-electron chi connectivity index (χ3n) is 3.65. The van der Waals surface area contributed by atoms with Gasteiger partial charge in [-0.2, -0.15) is 0 Å². The Kier molecular flexibility index (Phi) is 3.79. The number of pyridine rings is 1. The second-order valence-electron chi connectivity index (χ2n) is 5.63. The average molecular weight is 288 g/mol. The topological polar surface area (TPSA) is 58.9 Å². The number of carbonyl (C=O) groups is 1. The Bertz CT molecular complexity index is 652. The highest BCUT2D eigenvalue weighted by atomic mass is 16.5. The number of carbonyl (C=O) groups excluding carboxylic acids is 1. The number of aromatic nitrogens is 2. The van der Waals surface area contributed by atoms with Crippen LogP contribution in [0.3, 0.4) is 0 Å². The van der Waals surface area contributed by atoms with Gasteiger partial charge < -0.3 is 19.4 Å². The van der Waals surface area contributed by atoms with Crippen molar-refractivity contribution in [1.29, 1.82) is 0 Å². The van der Waals surface area contributed by atoms with E-state index in [2.05, 4.69) is 17.2 Å². The molecule has 2 aromatic heterocycles. The molecule has 1 aliphatic heterocycles. The van der Waals surface area contributed by atoms with Gasteiger partial charge in [-0.3, -0.25) is 0 Å². The number of amides is 2. The van der Waals surface area contributed by atoms with Crippen LogP contribution in [0.1, 0.15) is 12.5 Å². The van der Waals surface area contributed by atoms with Gasteiger partial charge in [-0.15, -0.1) is 0 Å². The molecule has 1 atom stereocenters. The Labute approximate surface area is 123 Å². The van der Waals surface area contributed by atoms with Gasteiger partial charge in [0.2, 0.25) is 0 Å². The zero-order valence-electron chi connectivity index (χ0n) is 12.4. The standard InChI is InChI=1S/C15H20N4O2/c1-11-8-19(5-6-21-10-11)15(20)17-13-7-12(2)14-16-3-4-18(14)9-13/h3-4,7,9,11H,5-6,8,10H2,1-2H3,(H,17,20). The molecule has 21 heavy (non-hydrogen) atoms. The monoisotopic (exact) mass is 288 g/mol. The molecule has 2 amide bonds. The third kappa shape index (κ3) is 3.00. The molecule has 0 bridgehead atoms. The molecule has 1 saturated heterocycles. The molecular formula is C15H20N4O2. The van der Waals surface area contributed by atoms with Crippen LogP contribution in [0.15, 0.2) is 24.7 Å². The number of urea groups is 1. The van der Waals surface area contributed by atoms with E-state index in [0.717, 1.165) is 23.4 Å². The predicted molar refractivity (Wildman–Crippen MR) is 80.5 cm³/mol. The van der Waals surface area contributed by atoms with Crippen molar-refractivity contribution >= 4 is 17.4 Å². The number of aryl methyl sites for hydroxylation is 1. The number of hydrogen-bond donors (Lipinski definition) is 1.